The van der Waals surface area contributed by atoms with E-state index < -0.39 is 0 Å². The number of halogens is 1. The average molecular weight is 244 g/mol. The normalized spacial score (nSPS) is 14.8. The van der Waals surface area contributed by atoms with Crippen LogP contribution in [0.15, 0.2) is 18.5 Å². The van der Waals surface area contributed by atoms with Crippen molar-refractivity contribution in [3.05, 3.63) is 29.0 Å². The van der Waals surface area contributed by atoms with Gasteiger partial charge in [0.05, 0.1) is 17.2 Å². The van der Waals surface area contributed by atoms with Gasteiger partial charge in [-0.2, -0.15) is 0 Å². The van der Waals surface area contributed by atoms with Gasteiger partial charge in [0, 0.05) is 19.0 Å². The lowest BCUT2D eigenvalue weighted by molar-refractivity contribution is 0.0476. The number of hydrogen-bond acceptors (Lipinski definition) is 4. The molecule has 0 saturated carbocycles. The van der Waals surface area contributed by atoms with Crippen LogP contribution in [-0.4, -0.2) is 23.7 Å². The van der Waals surface area contributed by atoms with Crippen LogP contribution in [0.2, 0.25) is 5.02 Å². The molecule has 0 radical (unpaired) electrons. The predicted octanol–water partition coefficient (Wildman–Crippen LogP) is 1.53. The molecule has 90 valence electrons. The summed E-state index contributed by atoms with van der Waals surface area (Å²) in [5.41, 5.74) is 3.78. The van der Waals surface area contributed by atoms with Gasteiger partial charge in [-0.3, -0.25) is 16.3 Å². The molecule has 1 aromatic heterocycles. The summed E-state index contributed by atoms with van der Waals surface area (Å²) < 4.78 is 5.51. The molecule has 1 aromatic rings. The Morgan fingerprint density at radius 2 is 2.38 bits per heavy atom. The monoisotopic (exact) mass is 243 g/mol. The Balaban J connectivity index is 2.66. The first-order chi connectivity index (χ1) is 7.69. The molecule has 0 aromatic carbocycles. The zero-order valence-electron chi connectivity index (χ0n) is 9.61. The molecule has 0 bridgehead atoms. The molecule has 2 unspecified atom stereocenters. The van der Waals surface area contributed by atoms with Crippen LogP contribution >= 0.6 is 11.6 Å². The highest BCUT2D eigenvalue weighted by atomic mass is 35.5. The molecule has 0 fully saturated rings. The summed E-state index contributed by atoms with van der Waals surface area (Å²) >= 11 is 6.04. The fourth-order valence-electron chi connectivity index (χ4n) is 1.55. The van der Waals surface area contributed by atoms with Gasteiger partial charge >= 0.3 is 0 Å². The van der Waals surface area contributed by atoms with Crippen molar-refractivity contribution >= 4 is 11.6 Å². The number of ether oxygens (including phenoxy) is 1. The van der Waals surface area contributed by atoms with Crippen molar-refractivity contribution in [2.75, 3.05) is 6.61 Å². The number of pyridine rings is 1. The second kappa shape index (κ2) is 6.81. The molecule has 1 rings (SSSR count). The average Bonchev–Trinajstić information content (AvgIpc) is 2.28. The van der Waals surface area contributed by atoms with Crippen molar-refractivity contribution in [3.63, 3.8) is 0 Å². The van der Waals surface area contributed by atoms with Crippen molar-refractivity contribution < 1.29 is 4.74 Å². The van der Waals surface area contributed by atoms with Crippen LogP contribution < -0.4 is 11.3 Å². The van der Waals surface area contributed by atoms with E-state index in [-0.39, 0.29) is 12.1 Å². The van der Waals surface area contributed by atoms with Gasteiger partial charge in [0.15, 0.2) is 0 Å². The maximum atomic E-state index is 6.04. The molecule has 16 heavy (non-hydrogen) atoms. The third kappa shape index (κ3) is 3.72. The number of hydrogen-bond donors (Lipinski definition) is 2. The second-order valence-corrected chi connectivity index (χ2v) is 4.01. The van der Waals surface area contributed by atoms with E-state index in [0.717, 1.165) is 12.0 Å². The Labute approximate surface area is 101 Å². The maximum Gasteiger partial charge on any atom is 0.0716 e. The number of nitrogens with zero attached hydrogens (tertiary/aromatic N) is 1. The van der Waals surface area contributed by atoms with Crippen LogP contribution in [0.4, 0.5) is 0 Å². The molecule has 0 saturated heterocycles. The quantitative estimate of drug-likeness (QED) is 0.588. The highest BCUT2D eigenvalue weighted by molar-refractivity contribution is 6.31. The van der Waals surface area contributed by atoms with Crippen molar-refractivity contribution in [1.82, 2.24) is 10.4 Å². The van der Waals surface area contributed by atoms with Gasteiger partial charge in [0.25, 0.3) is 0 Å². The molecule has 4 nitrogen and oxygen atoms in total. The highest BCUT2D eigenvalue weighted by Crippen LogP contribution is 2.16. The number of hydrazine groups is 1. The SMILES string of the molecule is CCOC(C)C(Cc1ccncc1Cl)NN. The molecule has 0 spiro atoms. The molecule has 1 heterocycles. The van der Waals surface area contributed by atoms with Crippen LogP contribution in [0.3, 0.4) is 0 Å². The summed E-state index contributed by atoms with van der Waals surface area (Å²) in [5, 5.41) is 0.659. The van der Waals surface area contributed by atoms with E-state index in [9.17, 15) is 0 Å². The third-order valence-electron chi connectivity index (χ3n) is 2.51. The van der Waals surface area contributed by atoms with Crippen molar-refractivity contribution in [2.24, 2.45) is 5.84 Å². The zero-order chi connectivity index (χ0) is 12.0. The molecule has 0 amide bonds. The Bertz CT molecular complexity index is 322. The summed E-state index contributed by atoms with van der Waals surface area (Å²) in [5.74, 6) is 5.51. The minimum atomic E-state index is 0.0410. The van der Waals surface area contributed by atoms with Gasteiger partial charge < -0.3 is 4.74 Å². The first kappa shape index (κ1) is 13.4. The predicted molar refractivity (Wildman–Crippen MR) is 65.2 cm³/mol. The van der Waals surface area contributed by atoms with E-state index in [0.29, 0.717) is 11.6 Å². The lowest BCUT2D eigenvalue weighted by Gasteiger charge is -2.23. The van der Waals surface area contributed by atoms with E-state index in [1.165, 1.54) is 0 Å². The molecule has 0 aliphatic carbocycles. The molecule has 0 aliphatic heterocycles. The van der Waals surface area contributed by atoms with Crippen molar-refractivity contribution in [3.8, 4) is 0 Å². The van der Waals surface area contributed by atoms with Crippen LogP contribution in [0.1, 0.15) is 19.4 Å². The fourth-order valence-corrected chi connectivity index (χ4v) is 1.74. The van der Waals surface area contributed by atoms with E-state index in [1.54, 1.807) is 12.4 Å². The van der Waals surface area contributed by atoms with Gasteiger partial charge in [-0.05, 0) is 31.9 Å². The highest BCUT2D eigenvalue weighted by Gasteiger charge is 2.17. The lowest BCUT2D eigenvalue weighted by atomic mass is 10.0. The molecule has 5 heteroatoms. The first-order valence-electron chi connectivity index (χ1n) is 5.35. The van der Waals surface area contributed by atoms with Crippen LogP contribution in [0.25, 0.3) is 0 Å². The fraction of sp³-hybridized carbons (Fsp3) is 0.545. The molecule has 3 N–H and O–H groups in total. The van der Waals surface area contributed by atoms with Crippen LogP contribution in [0.5, 0.6) is 0 Å². The summed E-state index contributed by atoms with van der Waals surface area (Å²) in [7, 11) is 0. The summed E-state index contributed by atoms with van der Waals surface area (Å²) in [6, 6.07) is 1.94. The minimum Gasteiger partial charge on any atom is -0.377 e. The van der Waals surface area contributed by atoms with Crippen molar-refractivity contribution in [1.29, 1.82) is 0 Å². The van der Waals surface area contributed by atoms with E-state index in [4.69, 9.17) is 22.2 Å². The standard InChI is InChI=1S/C11H18ClN3O/c1-3-16-8(2)11(15-13)6-9-4-5-14-7-10(9)12/h4-5,7-8,11,15H,3,6,13H2,1-2H3. The summed E-state index contributed by atoms with van der Waals surface area (Å²) in [6.45, 7) is 4.62. The Morgan fingerprint density at radius 3 is 2.94 bits per heavy atom. The maximum absolute atomic E-state index is 6.04. The van der Waals surface area contributed by atoms with Gasteiger partial charge in [-0.1, -0.05) is 11.6 Å². The van der Waals surface area contributed by atoms with E-state index in [2.05, 4.69) is 10.4 Å². The second-order valence-electron chi connectivity index (χ2n) is 3.60. The number of rotatable bonds is 6. The topological polar surface area (TPSA) is 60.2 Å². The van der Waals surface area contributed by atoms with Crippen LogP contribution in [0, 0.1) is 0 Å². The largest absolute Gasteiger partial charge is 0.377 e. The van der Waals surface area contributed by atoms with Gasteiger partial charge in [-0.25, -0.2) is 0 Å². The van der Waals surface area contributed by atoms with Crippen LogP contribution in [-0.2, 0) is 11.2 Å². The van der Waals surface area contributed by atoms with E-state index in [1.807, 2.05) is 19.9 Å². The van der Waals surface area contributed by atoms with Gasteiger partial charge in [0.1, 0.15) is 0 Å². The molecule has 2 atom stereocenters. The number of nitrogens with two attached hydrogens (primary N) is 1. The van der Waals surface area contributed by atoms with Gasteiger partial charge in [-0.15, -0.1) is 0 Å². The smallest absolute Gasteiger partial charge is 0.0716 e. The summed E-state index contributed by atoms with van der Waals surface area (Å²) in [6.07, 6.45) is 4.12. The Kier molecular flexibility index (Phi) is 5.69. The Morgan fingerprint density at radius 1 is 1.62 bits per heavy atom. The number of aromatic nitrogens is 1. The van der Waals surface area contributed by atoms with Crippen molar-refractivity contribution in [2.45, 2.75) is 32.4 Å². The summed E-state index contributed by atoms with van der Waals surface area (Å²) in [4.78, 5) is 3.94. The molecule has 0 aliphatic rings. The zero-order valence-corrected chi connectivity index (χ0v) is 10.4. The van der Waals surface area contributed by atoms with Gasteiger partial charge in [0.2, 0.25) is 0 Å². The Hall–Kier alpha value is -0.680. The molecular weight excluding hydrogens is 226 g/mol. The molecular formula is C11H18ClN3O. The van der Waals surface area contributed by atoms with E-state index >= 15 is 0 Å². The first-order valence-corrected chi connectivity index (χ1v) is 5.73. The minimum absolute atomic E-state index is 0.0410. The third-order valence-corrected chi connectivity index (χ3v) is 2.85. The number of nitrogens with one attached hydrogen (secondary N) is 1. The lowest BCUT2D eigenvalue weighted by Crippen LogP contribution is -2.45.